The van der Waals surface area contributed by atoms with Crippen molar-refractivity contribution in [3.63, 3.8) is 0 Å². The molecule has 0 aliphatic carbocycles. The Kier molecular flexibility index (Phi) is 6.15. The van der Waals surface area contributed by atoms with Gasteiger partial charge in [-0.15, -0.1) is 11.8 Å². The van der Waals surface area contributed by atoms with E-state index in [2.05, 4.69) is 38.2 Å². The molecular weight excluding hydrogens is 322 g/mol. The molecule has 1 amide bonds. The second kappa shape index (κ2) is 8.11. The zero-order valence-corrected chi connectivity index (χ0v) is 15.5. The van der Waals surface area contributed by atoms with Gasteiger partial charge in [0.05, 0.1) is 25.7 Å². The standard InChI is InChI=1S/C19H23NO3S/c1-12-8-13(2)19(14(3)9-12)24-11-18(21)20-16-10-15(22-4)6-7-17(16)23-5/h6-10H,11H2,1-5H3,(H,20,21). The first kappa shape index (κ1) is 18.2. The van der Waals surface area contributed by atoms with Crippen molar-refractivity contribution in [1.29, 1.82) is 0 Å². The Balaban J connectivity index is 2.07. The largest absolute Gasteiger partial charge is 0.497 e. The Labute approximate surface area is 147 Å². The minimum absolute atomic E-state index is 0.0778. The first-order chi connectivity index (χ1) is 11.4. The predicted molar refractivity (Wildman–Crippen MR) is 99.6 cm³/mol. The van der Waals surface area contributed by atoms with Gasteiger partial charge in [0.15, 0.2) is 0 Å². The summed E-state index contributed by atoms with van der Waals surface area (Å²) in [6, 6.07) is 9.60. The summed E-state index contributed by atoms with van der Waals surface area (Å²) in [5.74, 6) is 1.54. The second-order valence-electron chi connectivity index (χ2n) is 5.63. The van der Waals surface area contributed by atoms with Gasteiger partial charge in [-0.2, -0.15) is 0 Å². The Morgan fingerprint density at radius 1 is 1.04 bits per heavy atom. The van der Waals surface area contributed by atoms with Crippen LogP contribution in [0.4, 0.5) is 5.69 Å². The predicted octanol–water partition coefficient (Wildman–Crippen LogP) is 4.36. The van der Waals surface area contributed by atoms with Gasteiger partial charge in [0.25, 0.3) is 0 Å². The molecule has 0 aliphatic heterocycles. The van der Waals surface area contributed by atoms with Gasteiger partial charge in [0.2, 0.25) is 5.91 Å². The molecule has 0 atom stereocenters. The van der Waals surface area contributed by atoms with Gasteiger partial charge >= 0.3 is 0 Å². The summed E-state index contributed by atoms with van der Waals surface area (Å²) in [6.45, 7) is 6.23. The quantitative estimate of drug-likeness (QED) is 0.790. The fraction of sp³-hybridized carbons (Fsp3) is 0.316. The third-order valence-electron chi connectivity index (χ3n) is 3.63. The topological polar surface area (TPSA) is 47.6 Å². The van der Waals surface area contributed by atoms with Gasteiger partial charge in [0.1, 0.15) is 11.5 Å². The van der Waals surface area contributed by atoms with Crippen LogP contribution in [0.3, 0.4) is 0 Å². The Morgan fingerprint density at radius 2 is 1.71 bits per heavy atom. The van der Waals surface area contributed by atoms with Gasteiger partial charge in [-0.3, -0.25) is 4.79 Å². The number of anilines is 1. The van der Waals surface area contributed by atoms with Gasteiger partial charge in [-0.25, -0.2) is 0 Å². The molecule has 2 aromatic rings. The molecule has 1 N–H and O–H groups in total. The average Bonchev–Trinajstić information content (AvgIpc) is 2.53. The summed E-state index contributed by atoms with van der Waals surface area (Å²) in [7, 11) is 3.16. The number of carbonyl (C=O) groups excluding carboxylic acids is 1. The van der Waals surface area contributed by atoms with E-state index in [9.17, 15) is 4.79 Å². The summed E-state index contributed by atoms with van der Waals surface area (Å²) in [5, 5.41) is 2.89. The van der Waals surface area contributed by atoms with Crippen LogP contribution < -0.4 is 14.8 Å². The number of nitrogens with one attached hydrogen (secondary N) is 1. The molecule has 0 heterocycles. The third-order valence-corrected chi connectivity index (χ3v) is 4.97. The summed E-state index contributed by atoms with van der Waals surface area (Å²) in [4.78, 5) is 13.5. The van der Waals surface area contributed by atoms with E-state index in [-0.39, 0.29) is 5.91 Å². The van der Waals surface area contributed by atoms with E-state index in [4.69, 9.17) is 9.47 Å². The molecule has 0 aliphatic rings. The molecule has 2 rings (SSSR count). The van der Waals surface area contributed by atoms with Gasteiger partial charge in [0, 0.05) is 11.0 Å². The van der Waals surface area contributed by atoms with Crippen LogP contribution in [0.5, 0.6) is 11.5 Å². The molecule has 0 spiro atoms. The van der Waals surface area contributed by atoms with Crippen molar-refractivity contribution in [1.82, 2.24) is 0 Å². The van der Waals surface area contributed by atoms with Gasteiger partial charge in [-0.05, 0) is 44.0 Å². The number of amides is 1. The number of hydrogen-bond acceptors (Lipinski definition) is 4. The van der Waals surface area contributed by atoms with E-state index in [0.717, 1.165) is 4.90 Å². The van der Waals surface area contributed by atoms with E-state index in [1.165, 1.54) is 16.7 Å². The van der Waals surface area contributed by atoms with E-state index >= 15 is 0 Å². The monoisotopic (exact) mass is 345 g/mol. The van der Waals surface area contributed by atoms with Crippen molar-refractivity contribution in [2.75, 3.05) is 25.3 Å². The van der Waals surface area contributed by atoms with Crippen molar-refractivity contribution in [2.24, 2.45) is 0 Å². The van der Waals surface area contributed by atoms with Crippen molar-refractivity contribution in [2.45, 2.75) is 25.7 Å². The molecule has 2 aromatic carbocycles. The summed E-state index contributed by atoms with van der Waals surface area (Å²) in [6.07, 6.45) is 0. The highest BCUT2D eigenvalue weighted by atomic mass is 32.2. The molecule has 128 valence electrons. The smallest absolute Gasteiger partial charge is 0.234 e. The Hall–Kier alpha value is -2.14. The first-order valence-electron chi connectivity index (χ1n) is 7.67. The van der Waals surface area contributed by atoms with E-state index < -0.39 is 0 Å². The number of methoxy groups -OCH3 is 2. The number of benzene rings is 2. The molecule has 5 heteroatoms. The maximum absolute atomic E-state index is 12.3. The van der Waals surface area contributed by atoms with E-state index in [1.807, 2.05) is 0 Å². The number of hydrogen-bond donors (Lipinski definition) is 1. The van der Waals surface area contributed by atoms with Crippen LogP contribution >= 0.6 is 11.8 Å². The SMILES string of the molecule is COc1ccc(OC)c(NC(=O)CSc2c(C)cc(C)cc2C)c1. The molecule has 0 saturated carbocycles. The van der Waals surface area contributed by atoms with Crippen LogP contribution in [0.25, 0.3) is 0 Å². The zero-order chi connectivity index (χ0) is 17.7. The number of aryl methyl sites for hydroxylation is 3. The molecule has 0 radical (unpaired) electrons. The van der Waals surface area contributed by atoms with Crippen LogP contribution in [0.15, 0.2) is 35.2 Å². The van der Waals surface area contributed by atoms with Gasteiger partial charge in [-0.1, -0.05) is 17.7 Å². The number of ether oxygens (including phenoxy) is 2. The summed E-state index contributed by atoms with van der Waals surface area (Å²) >= 11 is 1.55. The van der Waals surface area contributed by atoms with Crippen LogP contribution in [0, 0.1) is 20.8 Å². The second-order valence-corrected chi connectivity index (χ2v) is 6.62. The average molecular weight is 345 g/mol. The summed E-state index contributed by atoms with van der Waals surface area (Å²) < 4.78 is 10.5. The molecule has 0 unspecified atom stereocenters. The lowest BCUT2D eigenvalue weighted by Gasteiger charge is -2.13. The highest BCUT2D eigenvalue weighted by Gasteiger charge is 2.11. The van der Waals surface area contributed by atoms with E-state index in [0.29, 0.717) is 22.9 Å². The Bertz CT molecular complexity index is 720. The first-order valence-corrected chi connectivity index (χ1v) is 8.65. The highest BCUT2D eigenvalue weighted by molar-refractivity contribution is 8.00. The molecule has 0 fully saturated rings. The molecule has 0 aromatic heterocycles. The van der Waals surface area contributed by atoms with Crippen molar-refractivity contribution < 1.29 is 14.3 Å². The minimum Gasteiger partial charge on any atom is -0.497 e. The third kappa shape index (κ3) is 4.45. The maximum Gasteiger partial charge on any atom is 0.234 e. The number of thioether (sulfide) groups is 1. The van der Waals surface area contributed by atoms with Crippen molar-refractivity contribution in [3.8, 4) is 11.5 Å². The molecule has 0 bridgehead atoms. The Morgan fingerprint density at radius 3 is 2.29 bits per heavy atom. The fourth-order valence-corrected chi connectivity index (χ4v) is 3.55. The maximum atomic E-state index is 12.3. The molecular formula is C19H23NO3S. The lowest BCUT2D eigenvalue weighted by molar-refractivity contribution is -0.113. The van der Waals surface area contributed by atoms with Crippen molar-refractivity contribution >= 4 is 23.4 Å². The van der Waals surface area contributed by atoms with Crippen LogP contribution in [-0.4, -0.2) is 25.9 Å². The molecule has 4 nitrogen and oxygen atoms in total. The molecule has 0 saturated heterocycles. The van der Waals surface area contributed by atoms with E-state index in [1.54, 1.807) is 44.2 Å². The number of carbonyl (C=O) groups is 1. The highest BCUT2D eigenvalue weighted by Crippen LogP contribution is 2.30. The lowest BCUT2D eigenvalue weighted by atomic mass is 10.1. The van der Waals surface area contributed by atoms with Gasteiger partial charge < -0.3 is 14.8 Å². The summed E-state index contributed by atoms with van der Waals surface area (Å²) in [5.41, 5.74) is 4.24. The molecule has 24 heavy (non-hydrogen) atoms. The van der Waals surface area contributed by atoms with Crippen molar-refractivity contribution in [3.05, 3.63) is 47.0 Å². The lowest BCUT2D eigenvalue weighted by Crippen LogP contribution is -2.15. The minimum atomic E-state index is -0.0778. The fourth-order valence-electron chi connectivity index (χ4n) is 2.63. The normalized spacial score (nSPS) is 10.4. The van der Waals surface area contributed by atoms with Crippen LogP contribution in [0.2, 0.25) is 0 Å². The van der Waals surface area contributed by atoms with Crippen LogP contribution in [-0.2, 0) is 4.79 Å². The van der Waals surface area contributed by atoms with Crippen LogP contribution in [0.1, 0.15) is 16.7 Å². The number of rotatable bonds is 6. The zero-order valence-electron chi connectivity index (χ0n) is 14.7.